The molecule has 1 aliphatic heterocycles. The van der Waals surface area contributed by atoms with Gasteiger partial charge in [0.15, 0.2) is 0 Å². The number of thiophene rings is 1. The largest absolute Gasteiger partial charge is 0.385 e. The summed E-state index contributed by atoms with van der Waals surface area (Å²) < 4.78 is 54.8. The minimum Gasteiger partial charge on any atom is -0.385 e. The van der Waals surface area contributed by atoms with Crippen LogP contribution in [0.25, 0.3) is 0 Å². The van der Waals surface area contributed by atoms with Gasteiger partial charge in [-0.15, -0.1) is 23.7 Å². The van der Waals surface area contributed by atoms with E-state index in [1.54, 1.807) is 7.11 Å². The molecule has 2 heterocycles. The van der Waals surface area contributed by atoms with Gasteiger partial charge < -0.3 is 10.1 Å². The van der Waals surface area contributed by atoms with Gasteiger partial charge in [-0.2, -0.15) is 4.31 Å². The molecule has 0 saturated heterocycles. The molecule has 0 radical (unpaired) electrons. The molecule has 0 spiro atoms. The standard InChI is InChI=1S/C12H21N3O5S3.ClH/c1-3-14-10-8-15(5-4-6-20-2)23(18,19)12-9(10)7-11(21-12)22(13,16)17;/h7,10,14H,3-6,8H2,1-2H3,(H2,13,16,17);1H/t10-;/m1./s1. The minimum absolute atomic E-state index is 0. The van der Waals surface area contributed by atoms with Gasteiger partial charge in [0.05, 0.1) is 0 Å². The van der Waals surface area contributed by atoms with Crippen LogP contribution in [0.4, 0.5) is 0 Å². The Morgan fingerprint density at radius 1 is 1.50 bits per heavy atom. The molecule has 3 N–H and O–H groups in total. The fraction of sp³-hybridized carbons (Fsp3) is 0.667. The predicted octanol–water partition coefficient (Wildman–Crippen LogP) is 0.509. The summed E-state index contributed by atoms with van der Waals surface area (Å²) in [7, 11) is -6.10. The number of nitrogens with zero attached hydrogens (tertiary/aromatic N) is 1. The molecule has 140 valence electrons. The Balaban J connectivity index is 0.00000288. The SMILES string of the molecule is CCN[C@@H]1CN(CCCOC)S(=O)(=O)c2sc(S(N)(=O)=O)cc21.Cl. The van der Waals surface area contributed by atoms with Crippen LogP contribution in [0.15, 0.2) is 14.5 Å². The van der Waals surface area contributed by atoms with Gasteiger partial charge in [0.2, 0.25) is 10.0 Å². The van der Waals surface area contributed by atoms with E-state index in [1.807, 2.05) is 6.92 Å². The lowest BCUT2D eigenvalue weighted by atomic mass is 10.1. The maximum Gasteiger partial charge on any atom is 0.252 e. The van der Waals surface area contributed by atoms with Gasteiger partial charge >= 0.3 is 0 Å². The lowest BCUT2D eigenvalue weighted by molar-refractivity contribution is 0.185. The van der Waals surface area contributed by atoms with E-state index in [4.69, 9.17) is 9.88 Å². The molecule has 1 aromatic heterocycles. The number of primary sulfonamides is 1. The van der Waals surface area contributed by atoms with E-state index in [0.29, 0.717) is 43.0 Å². The van der Waals surface area contributed by atoms with Crippen LogP contribution >= 0.6 is 23.7 Å². The summed E-state index contributed by atoms with van der Waals surface area (Å²) in [5, 5.41) is 8.34. The van der Waals surface area contributed by atoms with Crippen molar-refractivity contribution in [3.05, 3.63) is 11.6 Å². The molecule has 2 rings (SSSR count). The van der Waals surface area contributed by atoms with E-state index in [-0.39, 0.29) is 33.4 Å². The third-order valence-corrected chi connectivity index (χ3v) is 8.49. The normalized spacial score (nSPS) is 20.4. The van der Waals surface area contributed by atoms with E-state index < -0.39 is 20.0 Å². The number of halogens is 1. The fourth-order valence-corrected chi connectivity index (χ4v) is 6.79. The van der Waals surface area contributed by atoms with E-state index in [1.165, 1.54) is 10.4 Å². The summed E-state index contributed by atoms with van der Waals surface area (Å²) in [6.07, 6.45) is 0.567. The smallest absolute Gasteiger partial charge is 0.252 e. The second-order valence-corrected chi connectivity index (χ2v) is 10.1. The van der Waals surface area contributed by atoms with Crippen molar-refractivity contribution in [2.45, 2.75) is 27.8 Å². The second-order valence-electron chi connectivity index (χ2n) is 5.17. The summed E-state index contributed by atoms with van der Waals surface area (Å²) >= 11 is 0.708. The molecule has 0 unspecified atom stereocenters. The van der Waals surface area contributed by atoms with E-state index >= 15 is 0 Å². The van der Waals surface area contributed by atoms with Gasteiger partial charge in [0.25, 0.3) is 10.0 Å². The predicted molar refractivity (Wildman–Crippen MR) is 94.6 cm³/mol. The summed E-state index contributed by atoms with van der Waals surface area (Å²) in [5.74, 6) is 0. The summed E-state index contributed by atoms with van der Waals surface area (Å²) in [6.45, 7) is 3.58. The lowest BCUT2D eigenvalue weighted by Gasteiger charge is -2.32. The molecule has 1 aliphatic rings. The molecule has 0 bridgehead atoms. The monoisotopic (exact) mass is 419 g/mol. The third-order valence-electron chi connectivity index (χ3n) is 3.53. The first-order valence-corrected chi connectivity index (χ1v) is 10.9. The molecule has 0 fully saturated rings. The first kappa shape index (κ1) is 21.8. The quantitative estimate of drug-likeness (QED) is 0.621. The molecular formula is C12H22ClN3O5S3. The van der Waals surface area contributed by atoms with Crippen molar-refractivity contribution in [3.63, 3.8) is 0 Å². The van der Waals surface area contributed by atoms with Crippen LogP contribution in [-0.2, 0) is 24.8 Å². The van der Waals surface area contributed by atoms with Crippen molar-refractivity contribution in [3.8, 4) is 0 Å². The van der Waals surface area contributed by atoms with E-state index in [9.17, 15) is 16.8 Å². The average molecular weight is 420 g/mol. The zero-order valence-electron chi connectivity index (χ0n) is 13.4. The highest BCUT2D eigenvalue weighted by Crippen LogP contribution is 2.39. The Kier molecular flexibility index (Phi) is 7.63. The number of sulfonamides is 2. The molecule has 1 aromatic rings. The van der Waals surface area contributed by atoms with E-state index in [0.717, 1.165) is 0 Å². The highest BCUT2D eigenvalue weighted by Gasteiger charge is 2.39. The molecule has 8 nitrogen and oxygen atoms in total. The maximum absolute atomic E-state index is 12.7. The Morgan fingerprint density at radius 3 is 2.71 bits per heavy atom. The van der Waals surface area contributed by atoms with Gasteiger partial charge in [0.1, 0.15) is 8.42 Å². The lowest BCUT2D eigenvalue weighted by Crippen LogP contribution is -2.43. The van der Waals surface area contributed by atoms with Gasteiger partial charge in [0, 0.05) is 38.4 Å². The van der Waals surface area contributed by atoms with Crippen molar-refractivity contribution in [1.82, 2.24) is 9.62 Å². The summed E-state index contributed by atoms with van der Waals surface area (Å²) in [5.41, 5.74) is 0.476. The van der Waals surface area contributed by atoms with Crippen molar-refractivity contribution in [2.75, 3.05) is 33.4 Å². The first-order chi connectivity index (χ1) is 10.7. The average Bonchev–Trinajstić information content (AvgIpc) is 2.90. The molecular weight excluding hydrogens is 398 g/mol. The summed E-state index contributed by atoms with van der Waals surface area (Å²) in [6, 6.07) is 1.11. The molecule has 0 aromatic carbocycles. The number of hydrogen-bond donors (Lipinski definition) is 2. The minimum atomic E-state index is -3.94. The number of hydrogen-bond acceptors (Lipinski definition) is 7. The van der Waals surface area contributed by atoms with Crippen molar-refractivity contribution < 1.29 is 21.6 Å². The number of likely N-dealkylation sites (N-methyl/N-ethyl adjacent to an activating group) is 1. The van der Waals surface area contributed by atoms with Gasteiger partial charge in [-0.05, 0) is 19.0 Å². The van der Waals surface area contributed by atoms with Gasteiger partial charge in [-0.25, -0.2) is 22.0 Å². The third kappa shape index (κ3) is 4.47. The van der Waals surface area contributed by atoms with Crippen LogP contribution in [-0.4, -0.2) is 54.5 Å². The number of ether oxygens (including phenoxy) is 1. The zero-order chi connectivity index (χ0) is 17.3. The molecule has 12 heteroatoms. The van der Waals surface area contributed by atoms with Crippen LogP contribution < -0.4 is 10.5 Å². The maximum atomic E-state index is 12.7. The highest BCUT2D eigenvalue weighted by atomic mass is 35.5. The Labute approximate surface area is 152 Å². The van der Waals surface area contributed by atoms with Crippen molar-refractivity contribution in [2.24, 2.45) is 5.14 Å². The van der Waals surface area contributed by atoms with Crippen molar-refractivity contribution >= 4 is 43.8 Å². The van der Waals surface area contributed by atoms with Crippen LogP contribution in [0.5, 0.6) is 0 Å². The molecule has 0 saturated carbocycles. The van der Waals surface area contributed by atoms with Gasteiger partial charge in [-0.3, -0.25) is 0 Å². The van der Waals surface area contributed by atoms with Crippen LogP contribution in [0.2, 0.25) is 0 Å². The van der Waals surface area contributed by atoms with Crippen LogP contribution in [0.1, 0.15) is 24.9 Å². The highest BCUT2D eigenvalue weighted by molar-refractivity contribution is 7.94. The summed E-state index contributed by atoms with van der Waals surface area (Å²) in [4.78, 5) is 0. The number of fused-ring (bicyclic) bond motifs is 1. The van der Waals surface area contributed by atoms with Crippen LogP contribution in [0.3, 0.4) is 0 Å². The number of methoxy groups -OCH3 is 1. The van der Waals surface area contributed by atoms with Crippen molar-refractivity contribution in [1.29, 1.82) is 0 Å². The second kappa shape index (κ2) is 8.41. The molecule has 24 heavy (non-hydrogen) atoms. The van der Waals surface area contributed by atoms with Gasteiger partial charge in [-0.1, -0.05) is 6.92 Å². The molecule has 1 atom stereocenters. The van der Waals surface area contributed by atoms with E-state index in [2.05, 4.69) is 5.32 Å². The molecule has 0 amide bonds. The molecule has 0 aliphatic carbocycles. The number of rotatable bonds is 7. The zero-order valence-corrected chi connectivity index (χ0v) is 16.7. The topological polar surface area (TPSA) is 119 Å². The Hall–Kier alpha value is -0.270. The fourth-order valence-electron chi connectivity index (χ4n) is 2.49. The Morgan fingerprint density at radius 2 is 2.17 bits per heavy atom. The number of nitrogens with one attached hydrogen (secondary N) is 1. The Bertz CT molecular complexity index is 763. The van der Waals surface area contributed by atoms with Crippen LogP contribution in [0, 0.1) is 0 Å². The number of nitrogens with two attached hydrogens (primary N) is 1. The first-order valence-electron chi connectivity index (χ1n) is 7.10.